The smallest absolute Gasteiger partial charge is 0.254 e. The second-order valence-corrected chi connectivity index (χ2v) is 10.3. The van der Waals surface area contributed by atoms with E-state index in [0.717, 1.165) is 66.1 Å². The zero-order valence-electron chi connectivity index (χ0n) is 17.7. The van der Waals surface area contributed by atoms with E-state index in [2.05, 4.69) is 43.8 Å². The first-order valence-corrected chi connectivity index (χ1v) is 12.7. The molecule has 3 aromatic rings. The summed E-state index contributed by atoms with van der Waals surface area (Å²) in [5, 5.41) is 4.17. The van der Waals surface area contributed by atoms with E-state index in [1.807, 2.05) is 42.5 Å². The molecule has 162 valence electrons. The van der Waals surface area contributed by atoms with Crippen LogP contribution >= 0.6 is 23.1 Å². The van der Waals surface area contributed by atoms with Crippen molar-refractivity contribution in [3.63, 3.8) is 0 Å². The van der Waals surface area contributed by atoms with Gasteiger partial charge in [0.25, 0.3) is 5.91 Å². The molecule has 0 saturated carbocycles. The number of thioether (sulfide) groups is 1. The van der Waals surface area contributed by atoms with Crippen LogP contribution in [0.1, 0.15) is 26.4 Å². The van der Waals surface area contributed by atoms with Crippen LogP contribution in [0.15, 0.2) is 42.9 Å². The second kappa shape index (κ2) is 9.06. The maximum absolute atomic E-state index is 13.3. The summed E-state index contributed by atoms with van der Waals surface area (Å²) >= 11 is 3.69. The van der Waals surface area contributed by atoms with Crippen LogP contribution in [-0.2, 0) is 18.7 Å². The average Bonchev–Trinajstić information content (AvgIpc) is 3.46. The Morgan fingerprint density at radius 3 is 2.71 bits per heavy atom. The number of rotatable bonds is 5. The Labute approximate surface area is 191 Å². The third kappa shape index (κ3) is 4.37. The molecule has 1 fully saturated rings. The number of nitrogens with zero attached hydrogens (tertiary/aromatic N) is 4. The van der Waals surface area contributed by atoms with E-state index in [1.54, 1.807) is 11.3 Å². The lowest BCUT2D eigenvalue weighted by Gasteiger charge is -2.33. The fraction of sp³-hybridized carbons (Fsp3) is 0.391. The van der Waals surface area contributed by atoms with Gasteiger partial charge >= 0.3 is 0 Å². The highest BCUT2D eigenvalue weighted by Gasteiger charge is 2.26. The molecule has 1 saturated heterocycles. The number of aromatic nitrogens is 2. The van der Waals surface area contributed by atoms with Crippen LogP contribution in [-0.4, -0.2) is 59.3 Å². The molecule has 0 aromatic carbocycles. The third-order valence-electron chi connectivity index (χ3n) is 5.96. The molecule has 0 spiro atoms. The van der Waals surface area contributed by atoms with Gasteiger partial charge in [0.1, 0.15) is 10.8 Å². The highest BCUT2D eigenvalue weighted by molar-refractivity contribution is 7.98. The van der Waals surface area contributed by atoms with Gasteiger partial charge in [0, 0.05) is 61.9 Å². The standard InChI is InChI=1S/C23H27N5OS2/c1-26-9-11-27(12-10-26)20-5-4-17(14-24-20)15-25-22(29)21-18-6-13-30-16-19(18)31-23(21)28-7-2-3-8-28/h2-5,7-8,14H,6,9-13,15-16H2,1H3,(H,25,29). The largest absolute Gasteiger partial charge is 0.354 e. The normalized spacial score (nSPS) is 16.9. The highest BCUT2D eigenvalue weighted by Crippen LogP contribution is 2.38. The molecular weight excluding hydrogens is 426 g/mol. The number of fused-ring (bicyclic) bond motifs is 1. The molecule has 2 aliphatic heterocycles. The number of pyridine rings is 1. The van der Waals surface area contributed by atoms with Crippen molar-refractivity contribution in [2.45, 2.75) is 18.7 Å². The monoisotopic (exact) mass is 453 g/mol. The van der Waals surface area contributed by atoms with E-state index in [0.29, 0.717) is 6.54 Å². The Morgan fingerprint density at radius 1 is 1.16 bits per heavy atom. The Kier molecular flexibility index (Phi) is 6.02. The van der Waals surface area contributed by atoms with Crippen LogP contribution in [0.2, 0.25) is 0 Å². The number of carbonyl (C=O) groups is 1. The van der Waals surface area contributed by atoms with E-state index >= 15 is 0 Å². The van der Waals surface area contributed by atoms with Crippen molar-refractivity contribution in [2.24, 2.45) is 0 Å². The quantitative estimate of drug-likeness (QED) is 0.642. The molecule has 2 aliphatic rings. The number of piperazine rings is 1. The fourth-order valence-corrected chi connectivity index (χ4v) is 6.56. The molecule has 5 rings (SSSR count). The molecule has 0 atom stereocenters. The molecule has 6 nitrogen and oxygen atoms in total. The van der Waals surface area contributed by atoms with Crippen LogP contribution < -0.4 is 10.2 Å². The van der Waals surface area contributed by atoms with Gasteiger partial charge in [-0.1, -0.05) is 6.07 Å². The average molecular weight is 454 g/mol. The molecule has 1 amide bonds. The van der Waals surface area contributed by atoms with Crippen molar-refractivity contribution in [3.8, 4) is 5.00 Å². The van der Waals surface area contributed by atoms with Gasteiger partial charge < -0.3 is 19.7 Å². The number of thiophene rings is 1. The van der Waals surface area contributed by atoms with Crippen molar-refractivity contribution in [3.05, 3.63) is 64.4 Å². The van der Waals surface area contributed by atoms with Crippen molar-refractivity contribution >= 4 is 34.8 Å². The summed E-state index contributed by atoms with van der Waals surface area (Å²) in [6, 6.07) is 8.15. The van der Waals surface area contributed by atoms with E-state index in [1.165, 1.54) is 10.4 Å². The highest BCUT2D eigenvalue weighted by atomic mass is 32.2. The minimum absolute atomic E-state index is 0.0104. The van der Waals surface area contributed by atoms with Crippen LogP contribution in [0, 0.1) is 0 Å². The predicted molar refractivity (Wildman–Crippen MR) is 129 cm³/mol. The van der Waals surface area contributed by atoms with E-state index in [4.69, 9.17) is 0 Å². The first kappa shape index (κ1) is 20.6. The SMILES string of the molecule is CN1CCN(c2ccc(CNC(=O)c3c(-n4cccc4)sc4c3CCSC4)cn2)CC1. The van der Waals surface area contributed by atoms with Crippen LogP contribution in [0.4, 0.5) is 5.82 Å². The van der Waals surface area contributed by atoms with Gasteiger partial charge in [-0.25, -0.2) is 4.98 Å². The first-order chi connectivity index (χ1) is 15.2. The number of likely N-dealkylation sites (N-methyl/N-ethyl adjacent to an activating group) is 1. The second-order valence-electron chi connectivity index (χ2n) is 8.07. The van der Waals surface area contributed by atoms with Crippen LogP contribution in [0.5, 0.6) is 0 Å². The fourth-order valence-electron chi connectivity index (χ4n) is 4.12. The minimum atomic E-state index is 0.0104. The minimum Gasteiger partial charge on any atom is -0.354 e. The third-order valence-corrected chi connectivity index (χ3v) is 8.37. The van der Waals surface area contributed by atoms with Gasteiger partial charge in [0.2, 0.25) is 0 Å². The van der Waals surface area contributed by atoms with Crippen LogP contribution in [0.25, 0.3) is 5.00 Å². The number of nitrogens with one attached hydrogen (secondary N) is 1. The lowest BCUT2D eigenvalue weighted by Crippen LogP contribution is -2.44. The number of anilines is 1. The van der Waals surface area contributed by atoms with E-state index < -0.39 is 0 Å². The summed E-state index contributed by atoms with van der Waals surface area (Å²) < 4.78 is 2.06. The van der Waals surface area contributed by atoms with E-state index in [9.17, 15) is 4.79 Å². The molecule has 0 unspecified atom stereocenters. The van der Waals surface area contributed by atoms with Crippen LogP contribution in [0.3, 0.4) is 0 Å². The molecule has 31 heavy (non-hydrogen) atoms. The van der Waals surface area contributed by atoms with Crippen molar-refractivity contribution in [1.82, 2.24) is 19.8 Å². The summed E-state index contributed by atoms with van der Waals surface area (Å²) in [5.74, 6) is 3.10. The molecule has 0 bridgehead atoms. The van der Waals surface area contributed by atoms with Gasteiger partial charge in [-0.2, -0.15) is 11.8 Å². The van der Waals surface area contributed by atoms with Gasteiger partial charge in [-0.3, -0.25) is 4.79 Å². The summed E-state index contributed by atoms with van der Waals surface area (Å²) in [7, 11) is 2.15. The van der Waals surface area contributed by atoms with Crippen molar-refractivity contribution in [1.29, 1.82) is 0 Å². The first-order valence-electron chi connectivity index (χ1n) is 10.7. The van der Waals surface area contributed by atoms with Crippen molar-refractivity contribution < 1.29 is 4.79 Å². The molecule has 8 heteroatoms. The zero-order chi connectivity index (χ0) is 21.2. The molecule has 0 aliphatic carbocycles. The number of hydrogen-bond acceptors (Lipinski definition) is 6. The van der Waals surface area contributed by atoms with Gasteiger partial charge in [0.15, 0.2) is 0 Å². The molecule has 3 aromatic heterocycles. The topological polar surface area (TPSA) is 53.4 Å². The maximum Gasteiger partial charge on any atom is 0.254 e. The predicted octanol–water partition coefficient (Wildman–Crippen LogP) is 3.40. The molecule has 5 heterocycles. The maximum atomic E-state index is 13.3. The summed E-state index contributed by atoms with van der Waals surface area (Å²) in [6.45, 7) is 4.62. The Hall–Kier alpha value is -2.29. The van der Waals surface area contributed by atoms with E-state index in [-0.39, 0.29) is 5.91 Å². The van der Waals surface area contributed by atoms with Gasteiger partial charge in [-0.15, -0.1) is 11.3 Å². The Bertz CT molecular complexity index is 1040. The number of carbonyl (C=O) groups excluding carboxylic acids is 1. The molecular formula is C23H27N5OS2. The molecule has 0 radical (unpaired) electrons. The Morgan fingerprint density at radius 2 is 1.97 bits per heavy atom. The number of amides is 1. The number of hydrogen-bond donors (Lipinski definition) is 1. The summed E-state index contributed by atoms with van der Waals surface area (Å²) in [4.78, 5) is 23.9. The lowest BCUT2D eigenvalue weighted by atomic mass is 10.1. The van der Waals surface area contributed by atoms with Crippen molar-refractivity contribution in [2.75, 3.05) is 43.9 Å². The van der Waals surface area contributed by atoms with Gasteiger partial charge in [0.05, 0.1) is 5.56 Å². The zero-order valence-corrected chi connectivity index (χ0v) is 19.3. The van der Waals surface area contributed by atoms with Gasteiger partial charge in [-0.05, 0) is 48.5 Å². The lowest BCUT2D eigenvalue weighted by molar-refractivity contribution is 0.0950. The summed E-state index contributed by atoms with van der Waals surface area (Å²) in [6.07, 6.45) is 6.88. The Balaban J connectivity index is 1.29. The molecule has 1 N–H and O–H groups in total. The summed E-state index contributed by atoms with van der Waals surface area (Å²) in [5.41, 5.74) is 3.10.